The highest BCUT2D eigenvalue weighted by Gasteiger charge is 2.19. The Hall–Kier alpha value is -3.06. The standard InChI is InChI=1S/C20H20FN3O3/c1-13(22-19(25)14-7-9-15(21)10-8-14)18-23-17-6-4-3-5-16(17)20(26)24(18)11-12-27-2/h3-10,13H,11-12H2,1-2H3,(H,22,25)/t13-/m1/s1. The topological polar surface area (TPSA) is 73.2 Å². The third-order valence-electron chi connectivity index (χ3n) is 4.25. The molecule has 0 radical (unpaired) electrons. The van der Waals surface area contributed by atoms with E-state index in [2.05, 4.69) is 10.3 Å². The van der Waals surface area contributed by atoms with Gasteiger partial charge in [0.15, 0.2) is 0 Å². The van der Waals surface area contributed by atoms with Crippen LogP contribution in [0.5, 0.6) is 0 Å². The molecule has 0 aliphatic rings. The summed E-state index contributed by atoms with van der Waals surface area (Å²) in [7, 11) is 1.55. The first-order valence-corrected chi connectivity index (χ1v) is 8.56. The monoisotopic (exact) mass is 369 g/mol. The normalized spacial score (nSPS) is 12.1. The van der Waals surface area contributed by atoms with Gasteiger partial charge in [0.25, 0.3) is 11.5 Å². The summed E-state index contributed by atoms with van der Waals surface area (Å²) in [5.41, 5.74) is 0.708. The number of halogens is 1. The van der Waals surface area contributed by atoms with E-state index in [0.717, 1.165) is 0 Å². The molecule has 0 spiro atoms. The number of fused-ring (bicyclic) bond motifs is 1. The van der Waals surface area contributed by atoms with Gasteiger partial charge in [-0.05, 0) is 43.3 Å². The molecular weight excluding hydrogens is 349 g/mol. The number of aromatic nitrogens is 2. The van der Waals surface area contributed by atoms with Crippen molar-refractivity contribution in [3.63, 3.8) is 0 Å². The number of benzene rings is 2. The quantitative estimate of drug-likeness (QED) is 0.725. The molecule has 140 valence electrons. The SMILES string of the molecule is COCCn1c([C@@H](C)NC(=O)c2ccc(F)cc2)nc2ccccc2c1=O. The summed E-state index contributed by atoms with van der Waals surface area (Å²) in [5.74, 6) is -0.349. The maximum atomic E-state index is 13.1. The van der Waals surface area contributed by atoms with E-state index < -0.39 is 11.9 Å². The summed E-state index contributed by atoms with van der Waals surface area (Å²) in [6.45, 7) is 2.41. The van der Waals surface area contributed by atoms with Crippen LogP contribution in [0.3, 0.4) is 0 Å². The van der Waals surface area contributed by atoms with Gasteiger partial charge in [0.2, 0.25) is 0 Å². The third-order valence-corrected chi connectivity index (χ3v) is 4.25. The fourth-order valence-corrected chi connectivity index (χ4v) is 2.86. The van der Waals surface area contributed by atoms with Gasteiger partial charge < -0.3 is 10.1 Å². The molecule has 6 nitrogen and oxygen atoms in total. The van der Waals surface area contributed by atoms with Crippen molar-refractivity contribution in [2.75, 3.05) is 13.7 Å². The van der Waals surface area contributed by atoms with Crippen molar-refractivity contribution in [3.8, 4) is 0 Å². The number of amides is 1. The lowest BCUT2D eigenvalue weighted by Crippen LogP contribution is -2.34. The van der Waals surface area contributed by atoms with Crippen LogP contribution in [0.2, 0.25) is 0 Å². The molecule has 0 aliphatic carbocycles. The van der Waals surface area contributed by atoms with Gasteiger partial charge in [0.1, 0.15) is 11.6 Å². The van der Waals surface area contributed by atoms with Gasteiger partial charge in [-0.15, -0.1) is 0 Å². The lowest BCUT2D eigenvalue weighted by atomic mass is 10.2. The van der Waals surface area contributed by atoms with Crippen LogP contribution in [0, 0.1) is 5.82 Å². The Morgan fingerprint density at radius 1 is 1.22 bits per heavy atom. The van der Waals surface area contributed by atoms with Crippen molar-refractivity contribution in [3.05, 3.63) is 76.1 Å². The molecular formula is C20H20FN3O3. The second kappa shape index (κ2) is 8.09. The van der Waals surface area contributed by atoms with E-state index in [1.807, 2.05) is 0 Å². The molecule has 0 saturated carbocycles. The van der Waals surface area contributed by atoms with E-state index in [9.17, 15) is 14.0 Å². The van der Waals surface area contributed by atoms with E-state index in [1.165, 1.54) is 28.8 Å². The number of carbonyl (C=O) groups excluding carboxylic acids is 1. The lowest BCUT2D eigenvalue weighted by molar-refractivity contribution is 0.0937. The molecule has 7 heteroatoms. The fourth-order valence-electron chi connectivity index (χ4n) is 2.86. The van der Waals surface area contributed by atoms with Crippen LogP contribution >= 0.6 is 0 Å². The van der Waals surface area contributed by atoms with Gasteiger partial charge in [-0.25, -0.2) is 9.37 Å². The number of methoxy groups -OCH3 is 1. The van der Waals surface area contributed by atoms with Gasteiger partial charge >= 0.3 is 0 Å². The first-order chi connectivity index (χ1) is 13.0. The minimum Gasteiger partial charge on any atom is -0.383 e. The summed E-state index contributed by atoms with van der Waals surface area (Å²) in [6, 6.07) is 11.8. The Morgan fingerprint density at radius 3 is 2.63 bits per heavy atom. The Labute approximate surface area is 155 Å². The molecule has 27 heavy (non-hydrogen) atoms. The highest BCUT2D eigenvalue weighted by atomic mass is 19.1. The van der Waals surface area contributed by atoms with E-state index in [4.69, 9.17) is 4.74 Å². The average molecular weight is 369 g/mol. The highest BCUT2D eigenvalue weighted by Crippen LogP contribution is 2.15. The maximum Gasteiger partial charge on any atom is 0.261 e. The molecule has 1 amide bonds. The summed E-state index contributed by atoms with van der Waals surface area (Å²) in [4.78, 5) is 29.9. The average Bonchev–Trinajstić information content (AvgIpc) is 2.67. The Morgan fingerprint density at radius 2 is 1.93 bits per heavy atom. The van der Waals surface area contributed by atoms with Crippen LogP contribution in [-0.4, -0.2) is 29.2 Å². The van der Waals surface area contributed by atoms with Crippen molar-refractivity contribution in [2.45, 2.75) is 19.5 Å². The number of nitrogens with zero attached hydrogens (tertiary/aromatic N) is 2. The van der Waals surface area contributed by atoms with Crippen LogP contribution in [-0.2, 0) is 11.3 Å². The van der Waals surface area contributed by atoms with Gasteiger partial charge in [-0.3, -0.25) is 14.2 Å². The largest absolute Gasteiger partial charge is 0.383 e. The summed E-state index contributed by atoms with van der Waals surface area (Å²) < 4.78 is 19.7. The van der Waals surface area contributed by atoms with Gasteiger partial charge in [0.05, 0.1) is 30.1 Å². The molecule has 3 rings (SSSR count). The zero-order chi connectivity index (χ0) is 19.4. The summed E-state index contributed by atoms with van der Waals surface area (Å²) >= 11 is 0. The number of carbonyl (C=O) groups is 1. The predicted octanol–water partition coefficient (Wildman–Crippen LogP) is 2.67. The molecule has 0 aliphatic heterocycles. The number of para-hydroxylation sites is 1. The minimum atomic E-state index is -0.531. The zero-order valence-electron chi connectivity index (χ0n) is 15.1. The number of ether oxygens (including phenoxy) is 1. The van der Waals surface area contributed by atoms with Gasteiger partial charge in [-0.1, -0.05) is 12.1 Å². The second-order valence-corrected chi connectivity index (χ2v) is 6.14. The smallest absolute Gasteiger partial charge is 0.261 e. The molecule has 1 heterocycles. The first-order valence-electron chi connectivity index (χ1n) is 8.56. The molecule has 1 N–H and O–H groups in total. The van der Waals surface area contributed by atoms with Crippen molar-refractivity contribution < 1.29 is 13.9 Å². The maximum absolute atomic E-state index is 13.1. The number of hydrogen-bond acceptors (Lipinski definition) is 4. The van der Waals surface area contributed by atoms with Gasteiger partial charge in [-0.2, -0.15) is 0 Å². The zero-order valence-corrected chi connectivity index (χ0v) is 15.1. The van der Waals surface area contributed by atoms with E-state index >= 15 is 0 Å². The fraction of sp³-hybridized carbons (Fsp3) is 0.250. The number of nitrogens with one attached hydrogen (secondary N) is 1. The molecule has 1 atom stereocenters. The van der Waals surface area contributed by atoms with Crippen molar-refractivity contribution in [2.24, 2.45) is 0 Å². The van der Waals surface area contributed by atoms with Crippen LogP contribution in [0.4, 0.5) is 4.39 Å². The summed E-state index contributed by atoms with van der Waals surface area (Å²) in [6.07, 6.45) is 0. The van der Waals surface area contributed by atoms with Crippen LogP contribution in [0.25, 0.3) is 10.9 Å². The van der Waals surface area contributed by atoms with Crippen molar-refractivity contribution >= 4 is 16.8 Å². The molecule has 0 saturated heterocycles. The number of hydrogen-bond donors (Lipinski definition) is 1. The first kappa shape index (κ1) is 18.7. The second-order valence-electron chi connectivity index (χ2n) is 6.14. The van der Waals surface area contributed by atoms with E-state index in [-0.39, 0.29) is 11.5 Å². The lowest BCUT2D eigenvalue weighted by Gasteiger charge is -2.19. The Kier molecular flexibility index (Phi) is 5.61. The van der Waals surface area contributed by atoms with E-state index in [0.29, 0.717) is 35.4 Å². The molecule has 2 aromatic carbocycles. The predicted molar refractivity (Wildman–Crippen MR) is 100 cm³/mol. The molecule has 1 aromatic heterocycles. The molecule has 0 bridgehead atoms. The van der Waals surface area contributed by atoms with Crippen LogP contribution in [0.1, 0.15) is 29.1 Å². The van der Waals surface area contributed by atoms with Crippen LogP contribution < -0.4 is 10.9 Å². The van der Waals surface area contributed by atoms with Crippen LogP contribution in [0.15, 0.2) is 53.3 Å². The Bertz CT molecular complexity index is 1020. The van der Waals surface area contributed by atoms with Crippen molar-refractivity contribution in [1.82, 2.24) is 14.9 Å². The van der Waals surface area contributed by atoms with Gasteiger partial charge in [0, 0.05) is 12.7 Å². The molecule has 0 fully saturated rings. The van der Waals surface area contributed by atoms with E-state index in [1.54, 1.807) is 38.3 Å². The third kappa shape index (κ3) is 4.03. The minimum absolute atomic E-state index is 0.185. The molecule has 3 aromatic rings. The highest BCUT2D eigenvalue weighted by molar-refractivity contribution is 5.94. The van der Waals surface area contributed by atoms with Crippen molar-refractivity contribution in [1.29, 1.82) is 0 Å². The number of rotatable bonds is 6. The Balaban J connectivity index is 1.96. The summed E-state index contributed by atoms with van der Waals surface area (Å²) in [5, 5.41) is 3.32. The molecule has 0 unspecified atom stereocenters.